The molecule has 3 amide bonds. The van der Waals surface area contributed by atoms with Crippen LogP contribution in [0.25, 0.3) is 11.3 Å². The minimum absolute atomic E-state index is 0.0464. The van der Waals surface area contributed by atoms with E-state index in [2.05, 4.69) is 35.9 Å². The maximum absolute atomic E-state index is 14.4. The molecule has 194 valence electrons. The van der Waals surface area contributed by atoms with Gasteiger partial charge >= 0.3 is 6.09 Å². The third kappa shape index (κ3) is 6.51. The van der Waals surface area contributed by atoms with E-state index < -0.39 is 29.8 Å². The number of nitrogens with zero attached hydrogens (tertiary/aromatic N) is 2. The van der Waals surface area contributed by atoms with Crippen molar-refractivity contribution < 1.29 is 23.5 Å². The molecule has 12 heteroatoms. The Morgan fingerprint density at radius 2 is 1.84 bits per heavy atom. The van der Waals surface area contributed by atoms with Crippen LogP contribution in [-0.4, -0.2) is 46.2 Å². The molecular weight excluding hydrogens is 515 g/mol. The van der Waals surface area contributed by atoms with Gasteiger partial charge in [-0.15, -0.1) is 0 Å². The number of benzene rings is 2. The van der Waals surface area contributed by atoms with Crippen LogP contribution in [0.5, 0.6) is 0 Å². The van der Waals surface area contributed by atoms with Crippen molar-refractivity contribution in [3.8, 4) is 11.3 Å². The molecular formula is C26H22ClFN6O4. The van der Waals surface area contributed by atoms with Crippen LogP contribution in [0.3, 0.4) is 0 Å². The van der Waals surface area contributed by atoms with E-state index in [4.69, 9.17) is 11.6 Å². The van der Waals surface area contributed by atoms with Crippen molar-refractivity contribution >= 4 is 41.0 Å². The van der Waals surface area contributed by atoms with E-state index in [-0.39, 0.29) is 28.4 Å². The maximum atomic E-state index is 14.4. The number of ether oxygens (including phenoxy) is 1. The van der Waals surface area contributed by atoms with Crippen LogP contribution in [0, 0.1) is 5.82 Å². The van der Waals surface area contributed by atoms with E-state index in [1.54, 1.807) is 30.5 Å². The van der Waals surface area contributed by atoms with Gasteiger partial charge in [-0.2, -0.15) is 5.10 Å². The average molecular weight is 537 g/mol. The molecule has 0 radical (unpaired) electrons. The largest absolute Gasteiger partial charge is 0.453 e. The number of carbonyl (C=O) groups excluding carboxylic acids is 3. The quantitative estimate of drug-likeness (QED) is 0.263. The molecule has 0 aliphatic rings. The zero-order valence-electron chi connectivity index (χ0n) is 20.0. The van der Waals surface area contributed by atoms with Crippen LogP contribution < -0.4 is 16.0 Å². The number of methoxy groups -OCH3 is 1. The summed E-state index contributed by atoms with van der Waals surface area (Å²) in [6, 6.07) is 16.3. The fourth-order valence-corrected chi connectivity index (χ4v) is 3.68. The molecule has 0 spiro atoms. The Morgan fingerprint density at radius 1 is 1.05 bits per heavy atom. The zero-order valence-corrected chi connectivity index (χ0v) is 20.8. The lowest BCUT2D eigenvalue weighted by Crippen LogP contribution is -2.45. The Hall–Kier alpha value is -4.77. The summed E-state index contributed by atoms with van der Waals surface area (Å²) >= 11 is 5.86. The van der Waals surface area contributed by atoms with E-state index in [0.717, 1.165) is 0 Å². The molecule has 2 heterocycles. The summed E-state index contributed by atoms with van der Waals surface area (Å²) in [7, 11) is 1.24. The van der Waals surface area contributed by atoms with E-state index in [0.29, 0.717) is 17.1 Å². The Balaban J connectivity index is 1.50. The normalized spacial score (nSPS) is 11.3. The summed E-state index contributed by atoms with van der Waals surface area (Å²) in [5, 5.41) is 14.5. The number of carbonyl (C=O) groups is 3. The summed E-state index contributed by atoms with van der Waals surface area (Å²) in [6.07, 6.45) is 1.04. The Labute approximate surface area is 221 Å². The number of hydrogen-bond acceptors (Lipinski definition) is 6. The molecule has 0 aliphatic heterocycles. The molecule has 0 bridgehead atoms. The molecule has 38 heavy (non-hydrogen) atoms. The minimum Gasteiger partial charge on any atom is -0.453 e. The number of pyridine rings is 1. The zero-order chi connectivity index (χ0) is 27.1. The summed E-state index contributed by atoms with van der Waals surface area (Å²) in [5.41, 5.74) is 1.77. The number of aromatic amines is 1. The number of amides is 3. The van der Waals surface area contributed by atoms with Gasteiger partial charge in [-0.1, -0.05) is 23.7 Å². The first kappa shape index (κ1) is 26.3. The molecule has 0 fully saturated rings. The van der Waals surface area contributed by atoms with Gasteiger partial charge in [0.05, 0.1) is 17.8 Å². The SMILES string of the molecule is COC(=O)Nc1ccc(C(=O)N[C@@H](Cc2ccccn2)C(=O)Nc2cc(-c3cccc(Cl)c3F)[nH]n2)cc1. The second-order valence-electron chi connectivity index (χ2n) is 8.00. The Bertz CT molecular complexity index is 1450. The van der Waals surface area contributed by atoms with Crippen LogP contribution in [0.2, 0.25) is 5.02 Å². The van der Waals surface area contributed by atoms with Crippen LogP contribution >= 0.6 is 11.6 Å². The minimum atomic E-state index is -1.02. The standard InChI is InChI=1S/C26H22ClFN6O4/c1-38-26(37)30-16-10-8-15(9-11-16)24(35)31-21(13-17-5-2-3-12-29-17)25(36)32-22-14-20(33-34-22)18-6-4-7-19(27)23(18)28/h2-12,14,21H,13H2,1H3,(H,30,37)(H,31,35)(H2,32,33,34,36)/t21-/m0/s1. The average Bonchev–Trinajstić information content (AvgIpc) is 3.38. The maximum Gasteiger partial charge on any atom is 0.411 e. The van der Waals surface area contributed by atoms with E-state index in [1.807, 2.05) is 0 Å². The van der Waals surface area contributed by atoms with Gasteiger partial charge in [0.2, 0.25) is 5.91 Å². The molecule has 4 N–H and O–H groups in total. The fourth-order valence-electron chi connectivity index (χ4n) is 3.50. The predicted octanol–water partition coefficient (Wildman–Crippen LogP) is 4.42. The van der Waals surface area contributed by atoms with Crippen molar-refractivity contribution in [1.29, 1.82) is 0 Å². The first-order valence-corrected chi connectivity index (χ1v) is 11.7. The van der Waals surface area contributed by atoms with Crippen molar-refractivity contribution in [1.82, 2.24) is 20.5 Å². The van der Waals surface area contributed by atoms with Gasteiger partial charge in [-0.3, -0.25) is 25.0 Å². The van der Waals surface area contributed by atoms with E-state index in [1.165, 1.54) is 49.6 Å². The molecule has 0 aliphatic carbocycles. The highest BCUT2D eigenvalue weighted by atomic mass is 35.5. The van der Waals surface area contributed by atoms with E-state index >= 15 is 0 Å². The highest BCUT2D eigenvalue weighted by molar-refractivity contribution is 6.31. The van der Waals surface area contributed by atoms with Crippen molar-refractivity contribution in [3.05, 3.63) is 95.0 Å². The van der Waals surface area contributed by atoms with Gasteiger partial charge in [0.1, 0.15) is 6.04 Å². The first-order valence-electron chi connectivity index (χ1n) is 11.3. The van der Waals surface area contributed by atoms with E-state index in [9.17, 15) is 18.8 Å². The van der Waals surface area contributed by atoms with Gasteiger partial charge in [-0.05, 0) is 48.5 Å². The van der Waals surface area contributed by atoms with Crippen molar-refractivity contribution in [2.24, 2.45) is 0 Å². The molecule has 0 unspecified atom stereocenters. The van der Waals surface area contributed by atoms with Crippen molar-refractivity contribution in [2.45, 2.75) is 12.5 Å². The second kappa shape index (κ2) is 12.0. The first-order chi connectivity index (χ1) is 18.3. The van der Waals surface area contributed by atoms with Crippen molar-refractivity contribution in [3.63, 3.8) is 0 Å². The topological polar surface area (TPSA) is 138 Å². The summed E-state index contributed by atoms with van der Waals surface area (Å²) in [4.78, 5) is 41.7. The number of nitrogens with one attached hydrogen (secondary N) is 4. The molecule has 4 aromatic rings. The number of aromatic nitrogens is 3. The van der Waals surface area contributed by atoms with Crippen molar-refractivity contribution in [2.75, 3.05) is 17.7 Å². The number of H-pyrrole nitrogens is 1. The van der Waals surface area contributed by atoms with Gasteiger partial charge in [0.15, 0.2) is 11.6 Å². The highest BCUT2D eigenvalue weighted by Gasteiger charge is 2.24. The molecule has 10 nitrogen and oxygen atoms in total. The lowest BCUT2D eigenvalue weighted by atomic mass is 10.1. The number of halogens is 2. The molecule has 1 atom stereocenters. The second-order valence-corrected chi connectivity index (χ2v) is 8.41. The predicted molar refractivity (Wildman–Crippen MR) is 139 cm³/mol. The van der Waals surface area contributed by atoms with Gasteiger partial charge in [0, 0.05) is 41.2 Å². The molecule has 4 rings (SSSR count). The number of rotatable bonds is 8. The van der Waals surface area contributed by atoms with Crippen LogP contribution in [0.1, 0.15) is 16.1 Å². The third-order valence-corrected chi connectivity index (χ3v) is 5.70. The fraction of sp³-hybridized carbons (Fsp3) is 0.115. The van der Waals surface area contributed by atoms with Gasteiger partial charge in [-0.25, -0.2) is 9.18 Å². The van der Waals surface area contributed by atoms with Crippen LogP contribution in [0.4, 0.5) is 20.7 Å². The third-order valence-electron chi connectivity index (χ3n) is 5.41. The monoisotopic (exact) mass is 536 g/mol. The summed E-state index contributed by atoms with van der Waals surface area (Å²) in [5.74, 6) is -1.57. The molecule has 2 aromatic carbocycles. The Kier molecular flexibility index (Phi) is 8.29. The lowest BCUT2D eigenvalue weighted by molar-refractivity contribution is -0.118. The Morgan fingerprint density at radius 3 is 2.55 bits per heavy atom. The number of anilines is 2. The molecule has 0 saturated heterocycles. The van der Waals surface area contributed by atoms with Crippen LogP contribution in [0.15, 0.2) is 72.9 Å². The highest BCUT2D eigenvalue weighted by Crippen LogP contribution is 2.27. The smallest absolute Gasteiger partial charge is 0.411 e. The summed E-state index contributed by atoms with van der Waals surface area (Å²) < 4.78 is 18.9. The molecule has 0 saturated carbocycles. The summed E-state index contributed by atoms with van der Waals surface area (Å²) in [6.45, 7) is 0. The van der Waals surface area contributed by atoms with Gasteiger partial charge < -0.3 is 15.4 Å². The molecule has 2 aromatic heterocycles. The van der Waals surface area contributed by atoms with Gasteiger partial charge in [0.25, 0.3) is 5.91 Å². The van der Waals surface area contributed by atoms with Crippen LogP contribution in [-0.2, 0) is 16.0 Å². The number of hydrogen-bond donors (Lipinski definition) is 4. The lowest BCUT2D eigenvalue weighted by Gasteiger charge is -2.18.